The van der Waals surface area contributed by atoms with E-state index >= 15 is 0 Å². The number of hydrogen-bond donors (Lipinski definition) is 0. The van der Waals surface area contributed by atoms with E-state index in [0.29, 0.717) is 26.1 Å². The Morgan fingerprint density at radius 1 is 1.21 bits per heavy atom. The van der Waals surface area contributed by atoms with Crippen molar-refractivity contribution in [3.05, 3.63) is 0 Å². The van der Waals surface area contributed by atoms with Crippen LogP contribution >= 0.6 is 0 Å². The number of carbonyl (C=O) groups excluding carboxylic acids is 2. The maximum absolute atomic E-state index is 12.0. The van der Waals surface area contributed by atoms with Crippen molar-refractivity contribution in [2.45, 2.75) is 52.6 Å². The zero-order valence-corrected chi connectivity index (χ0v) is 12.4. The maximum atomic E-state index is 12.0. The molecule has 0 unspecified atom stereocenters. The highest BCUT2D eigenvalue weighted by Crippen LogP contribution is 2.20. The predicted octanol–water partition coefficient (Wildman–Crippen LogP) is 2.59. The minimum absolute atomic E-state index is 0.0904. The lowest BCUT2D eigenvalue weighted by Gasteiger charge is -2.26. The van der Waals surface area contributed by atoms with Crippen LogP contribution in [0.3, 0.4) is 0 Å². The molecule has 0 N–H and O–H groups in total. The number of hydrogen-bond acceptors (Lipinski definition) is 4. The van der Waals surface area contributed by atoms with Crippen molar-refractivity contribution in [1.82, 2.24) is 4.90 Å². The van der Waals surface area contributed by atoms with Crippen LogP contribution in [0.25, 0.3) is 0 Å². The second-order valence-electron chi connectivity index (χ2n) is 5.85. The molecular weight excluding hydrogens is 246 g/mol. The minimum Gasteiger partial charge on any atom is -0.466 e. The van der Waals surface area contributed by atoms with Gasteiger partial charge in [-0.25, -0.2) is 4.79 Å². The van der Waals surface area contributed by atoms with Gasteiger partial charge in [-0.2, -0.15) is 0 Å². The van der Waals surface area contributed by atoms with Gasteiger partial charge in [0.1, 0.15) is 5.60 Å². The van der Waals surface area contributed by atoms with Crippen molar-refractivity contribution in [2.75, 3.05) is 19.7 Å². The van der Waals surface area contributed by atoms with E-state index in [2.05, 4.69) is 0 Å². The zero-order chi connectivity index (χ0) is 14.5. The van der Waals surface area contributed by atoms with E-state index in [1.165, 1.54) is 0 Å². The molecule has 5 nitrogen and oxygen atoms in total. The van der Waals surface area contributed by atoms with Crippen LogP contribution in [0.4, 0.5) is 4.79 Å². The number of amides is 1. The van der Waals surface area contributed by atoms with Crippen LogP contribution < -0.4 is 0 Å². The molecule has 1 saturated heterocycles. The number of esters is 1. The molecule has 1 aliphatic rings. The molecule has 0 saturated carbocycles. The fourth-order valence-electron chi connectivity index (χ4n) is 2.10. The number of ether oxygens (including phenoxy) is 2. The van der Waals surface area contributed by atoms with E-state index in [4.69, 9.17) is 9.47 Å². The summed E-state index contributed by atoms with van der Waals surface area (Å²) in [4.78, 5) is 25.3. The van der Waals surface area contributed by atoms with Crippen molar-refractivity contribution < 1.29 is 19.1 Å². The lowest BCUT2D eigenvalue weighted by Crippen LogP contribution is -2.37. The molecule has 0 aromatic rings. The Hall–Kier alpha value is -1.26. The van der Waals surface area contributed by atoms with Gasteiger partial charge in [0.2, 0.25) is 0 Å². The molecule has 5 heteroatoms. The summed E-state index contributed by atoms with van der Waals surface area (Å²) in [5.74, 6) is -0.235. The third-order valence-electron chi connectivity index (χ3n) is 3.00. The first-order valence-corrected chi connectivity index (χ1v) is 6.98. The fourth-order valence-corrected chi connectivity index (χ4v) is 2.10. The second kappa shape index (κ2) is 6.78. The molecule has 1 amide bonds. The van der Waals surface area contributed by atoms with E-state index < -0.39 is 5.60 Å². The standard InChI is InChI=1S/C14H25NO4/c1-5-18-12(16)11-7-6-9-15(10-8-11)13(17)19-14(2,3)4/h11H,5-10H2,1-4H3/t11-/m1/s1. The van der Waals surface area contributed by atoms with Crippen LogP contribution in [0.15, 0.2) is 0 Å². The van der Waals surface area contributed by atoms with Gasteiger partial charge in [-0.1, -0.05) is 0 Å². The summed E-state index contributed by atoms with van der Waals surface area (Å²) < 4.78 is 10.4. The Morgan fingerprint density at radius 3 is 2.47 bits per heavy atom. The van der Waals surface area contributed by atoms with Crippen LogP contribution in [-0.2, 0) is 14.3 Å². The van der Waals surface area contributed by atoms with E-state index in [1.54, 1.807) is 4.90 Å². The molecule has 1 aliphatic heterocycles. The third-order valence-corrected chi connectivity index (χ3v) is 3.00. The third kappa shape index (κ3) is 5.49. The van der Waals surface area contributed by atoms with Gasteiger partial charge >= 0.3 is 12.1 Å². The smallest absolute Gasteiger partial charge is 0.410 e. The van der Waals surface area contributed by atoms with Crippen molar-refractivity contribution in [3.8, 4) is 0 Å². The van der Waals surface area contributed by atoms with Gasteiger partial charge in [0.15, 0.2) is 0 Å². The largest absolute Gasteiger partial charge is 0.466 e. The van der Waals surface area contributed by atoms with Crippen LogP contribution in [0.2, 0.25) is 0 Å². The molecule has 19 heavy (non-hydrogen) atoms. The fraction of sp³-hybridized carbons (Fsp3) is 0.857. The summed E-state index contributed by atoms with van der Waals surface area (Å²) in [6.07, 6.45) is 1.94. The van der Waals surface area contributed by atoms with Gasteiger partial charge in [0, 0.05) is 13.1 Å². The van der Waals surface area contributed by atoms with Crippen LogP contribution in [0, 0.1) is 5.92 Å². The monoisotopic (exact) mass is 271 g/mol. The van der Waals surface area contributed by atoms with Crippen molar-refractivity contribution in [2.24, 2.45) is 5.92 Å². The van der Waals surface area contributed by atoms with Crippen molar-refractivity contribution in [3.63, 3.8) is 0 Å². The molecule has 0 spiro atoms. The van der Waals surface area contributed by atoms with Gasteiger partial charge in [-0.3, -0.25) is 4.79 Å². The molecular formula is C14H25NO4. The molecule has 1 fully saturated rings. The lowest BCUT2D eigenvalue weighted by atomic mass is 10.0. The Balaban J connectivity index is 2.50. The van der Waals surface area contributed by atoms with E-state index in [9.17, 15) is 9.59 Å². The topological polar surface area (TPSA) is 55.8 Å². The quantitative estimate of drug-likeness (QED) is 0.724. The first kappa shape index (κ1) is 15.8. The first-order valence-electron chi connectivity index (χ1n) is 6.98. The van der Waals surface area contributed by atoms with Crippen molar-refractivity contribution in [1.29, 1.82) is 0 Å². The summed E-state index contributed by atoms with van der Waals surface area (Å²) in [6.45, 7) is 8.97. The summed E-state index contributed by atoms with van der Waals surface area (Å²) in [7, 11) is 0. The highest BCUT2D eigenvalue weighted by Gasteiger charge is 2.28. The van der Waals surface area contributed by atoms with Gasteiger partial charge in [-0.15, -0.1) is 0 Å². The molecule has 1 rings (SSSR count). The number of rotatable bonds is 2. The summed E-state index contributed by atoms with van der Waals surface area (Å²) in [5.41, 5.74) is -0.482. The molecule has 0 aromatic carbocycles. The van der Waals surface area contributed by atoms with Gasteiger partial charge in [-0.05, 0) is 47.0 Å². The highest BCUT2D eigenvalue weighted by molar-refractivity contribution is 5.73. The normalized spacial score (nSPS) is 20.6. The van der Waals surface area contributed by atoms with Gasteiger partial charge in [0.05, 0.1) is 12.5 Å². The van der Waals surface area contributed by atoms with Crippen LogP contribution in [0.5, 0.6) is 0 Å². The zero-order valence-electron chi connectivity index (χ0n) is 12.4. The number of likely N-dealkylation sites (tertiary alicyclic amines) is 1. The molecule has 1 atom stereocenters. The van der Waals surface area contributed by atoms with Gasteiger partial charge < -0.3 is 14.4 Å². The number of carbonyl (C=O) groups is 2. The van der Waals surface area contributed by atoms with Crippen LogP contribution in [-0.4, -0.2) is 42.3 Å². The van der Waals surface area contributed by atoms with Crippen molar-refractivity contribution >= 4 is 12.1 Å². The molecule has 0 radical (unpaired) electrons. The summed E-state index contributed by atoms with van der Waals surface area (Å²) >= 11 is 0. The SMILES string of the molecule is CCOC(=O)[C@@H]1CCCN(C(=O)OC(C)(C)C)CC1. The summed E-state index contributed by atoms with van der Waals surface area (Å²) in [6, 6.07) is 0. The molecule has 0 aromatic heterocycles. The first-order chi connectivity index (χ1) is 8.83. The minimum atomic E-state index is -0.482. The molecule has 0 bridgehead atoms. The average molecular weight is 271 g/mol. The Morgan fingerprint density at radius 2 is 1.89 bits per heavy atom. The van der Waals surface area contributed by atoms with E-state index in [0.717, 1.165) is 12.8 Å². The van der Waals surface area contributed by atoms with E-state index in [-0.39, 0.29) is 18.0 Å². The molecule has 110 valence electrons. The lowest BCUT2D eigenvalue weighted by molar-refractivity contribution is -0.148. The predicted molar refractivity (Wildman–Crippen MR) is 71.8 cm³/mol. The van der Waals surface area contributed by atoms with Crippen LogP contribution in [0.1, 0.15) is 47.0 Å². The average Bonchev–Trinajstić information content (AvgIpc) is 2.52. The molecule has 1 heterocycles. The highest BCUT2D eigenvalue weighted by atomic mass is 16.6. The second-order valence-corrected chi connectivity index (χ2v) is 5.85. The van der Waals surface area contributed by atoms with E-state index in [1.807, 2.05) is 27.7 Å². The van der Waals surface area contributed by atoms with Gasteiger partial charge in [0.25, 0.3) is 0 Å². The maximum Gasteiger partial charge on any atom is 0.410 e. The Labute approximate surface area is 115 Å². The number of nitrogens with zero attached hydrogens (tertiary/aromatic N) is 1. The Kier molecular flexibility index (Phi) is 5.63. The summed E-state index contributed by atoms with van der Waals surface area (Å²) in [5, 5.41) is 0. The Bertz CT molecular complexity index is 322. The molecule has 0 aliphatic carbocycles.